The molecule has 0 aliphatic rings. The van der Waals surface area contributed by atoms with Gasteiger partial charge in [-0.2, -0.15) is 5.26 Å². The average Bonchev–Trinajstić information content (AvgIpc) is 2.72. The minimum absolute atomic E-state index is 0.0272. The van der Waals surface area contributed by atoms with E-state index in [0.717, 1.165) is 0 Å². The number of hydrogen-bond acceptors (Lipinski definition) is 6. The first-order valence-corrected chi connectivity index (χ1v) is 8.84. The summed E-state index contributed by atoms with van der Waals surface area (Å²) in [6.45, 7) is 3.80. The molecule has 7 nitrogen and oxygen atoms in total. The number of carbonyl (C=O) groups is 2. The van der Waals surface area contributed by atoms with Crippen LogP contribution in [0, 0.1) is 11.3 Å². The zero-order valence-electron chi connectivity index (χ0n) is 16.7. The Morgan fingerprint density at radius 1 is 1.10 bits per heavy atom. The number of carbonyl (C=O) groups excluding carboxylic acids is 2. The van der Waals surface area contributed by atoms with Crippen molar-refractivity contribution in [2.75, 3.05) is 19.5 Å². The summed E-state index contributed by atoms with van der Waals surface area (Å²) in [7, 11) is 2.76. The van der Waals surface area contributed by atoms with E-state index < -0.39 is 11.9 Å². The third-order valence-corrected chi connectivity index (χ3v) is 3.81. The van der Waals surface area contributed by atoms with Gasteiger partial charge >= 0.3 is 5.97 Å². The monoisotopic (exact) mass is 394 g/mol. The van der Waals surface area contributed by atoms with Crippen LogP contribution in [0.1, 0.15) is 29.8 Å². The number of methoxy groups -OCH3 is 2. The fourth-order valence-corrected chi connectivity index (χ4v) is 2.51. The minimum Gasteiger partial charge on any atom is -0.493 e. The van der Waals surface area contributed by atoms with Gasteiger partial charge in [0.05, 0.1) is 31.6 Å². The largest absolute Gasteiger partial charge is 0.493 e. The van der Waals surface area contributed by atoms with Crippen LogP contribution in [0.4, 0.5) is 5.69 Å². The van der Waals surface area contributed by atoms with E-state index in [-0.39, 0.29) is 22.9 Å². The number of rotatable bonds is 7. The van der Waals surface area contributed by atoms with Crippen LogP contribution in [0.15, 0.2) is 48.0 Å². The Kier molecular flexibility index (Phi) is 7.38. The predicted octanol–water partition coefficient (Wildman–Crippen LogP) is 3.81. The Labute approximate surface area is 169 Å². The Balaban J connectivity index is 2.30. The number of nitrogens with one attached hydrogen (secondary N) is 1. The summed E-state index contributed by atoms with van der Waals surface area (Å²) < 4.78 is 15.7. The molecule has 7 heteroatoms. The summed E-state index contributed by atoms with van der Waals surface area (Å²) in [6, 6.07) is 13.4. The second-order valence-corrected chi connectivity index (χ2v) is 6.24. The van der Waals surface area contributed by atoms with Crippen molar-refractivity contribution < 1.29 is 23.8 Å². The van der Waals surface area contributed by atoms with Gasteiger partial charge in [0.25, 0.3) is 5.91 Å². The van der Waals surface area contributed by atoms with E-state index in [1.54, 1.807) is 36.4 Å². The first-order valence-electron chi connectivity index (χ1n) is 8.84. The van der Waals surface area contributed by atoms with Crippen LogP contribution in [0.25, 0.3) is 6.08 Å². The van der Waals surface area contributed by atoms with Crippen LogP contribution in [-0.4, -0.2) is 32.2 Å². The van der Waals surface area contributed by atoms with Gasteiger partial charge in [-0.1, -0.05) is 18.2 Å². The minimum atomic E-state index is -0.648. The van der Waals surface area contributed by atoms with Gasteiger partial charge in [0.1, 0.15) is 11.6 Å². The van der Waals surface area contributed by atoms with Crippen molar-refractivity contribution in [3.63, 3.8) is 0 Å². The molecule has 0 saturated carbocycles. The zero-order chi connectivity index (χ0) is 21.4. The van der Waals surface area contributed by atoms with Crippen LogP contribution < -0.4 is 14.8 Å². The highest BCUT2D eigenvalue weighted by molar-refractivity contribution is 6.12. The highest BCUT2D eigenvalue weighted by Crippen LogP contribution is 2.30. The number of nitrogens with zero attached hydrogens (tertiary/aromatic N) is 1. The summed E-state index contributed by atoms with van der Waals surface area (Å²) >= 11 is 0. The molecular weight excluding hydrogens is 372 g/mol. The fourth-order valence-electron chi connectivity index (χ4n) is 2.51. The second-order valence-electron chi connectivity index (χ2n) is 6.24. The lowest BCUT2D eigenvalue weighted by Gasteiger charge is -2.14. The van der Waals surface area contributed by atoms with Gasteiger partial charge in [-0.25, -0.2) is 4.79 Å². The van der Waals surface area contributed by atoms with Gasteiger partial charge in [0.2, 0.25) is 0 Å². The summed E-state index contributed by atoms with van der Waals surface area (Å²) in [6.07, 6.45) is 1.40. The Hall–Kier alpha value is -3.79. The molecule has 2 rings (SSSR count). The summed E-state index contributed by atoms with van der Waals surface area (Å²) in [4.78, 5) is 24.4. The Morgan fingerprint density at radius 2 is 1.83 bits per heavy atom. The van der Waals surface area contributed by atoms with Crippen molar-refractivity contribution in [3.05, 3.63) is 59.2 Å². The highest BCUT2D eigenvalue weighted by Gasteiger charge is 2.16. The van der Waals surface area contributed by atoms with Gasteiger partial charge in [0, 0.05) is 0 Å². The molecule has 0 unspecified atom stereocenters. The number of hydrogen-bond donors (Lipinski definition) is 1. The van der Waals surface area contributed by atoms with E-state index in [9.17, 15) is 14.9 Å². The maximum Gasteiger partial charge on any atom is 0.339 e. The Morgan fingerprint density at radius 3 is 2.45 bits per heavy atom. The molecule has 2 aromatic carbocycles. The van der Waals surface area contributed by atoms with Crippen LogP contribution >= 0.6 is 0 Å². The van der Waals surface area contributed by atoms with Gasteiger partial charge < -0.3 is 19.5 Å². The summed E-state index contributed by atoms with van der Waals surface area (Å²) in [5.74, 6) is -0.185. The molecule has 0 saturated heterocycles. The number of benzene rings is 2. The number of esters is 1. The SMILES string of the molecule is COC(=O)c1ccccc1NC(=O)C(C#N)=Cc1ccc(OC(C)C)c(OC)c1. The Bertz CT molecular complexity index is 973. The van der Waals surface area contributed by atoms with Crippen molar-refractivity contribution >= 4 is 23.6 Å². The maximum absolute atomic E-state index is 12.6. The quantitative estimate of drug-likeness (QED) is 0.436. The average molecular weight is 394 g/mol. The molecule has 0 radical (unpaired) electrons. The first kappa shape index (κ1) is 21.5. The van der Waals surface area contributed by atoms with Crippen LogP contribution in [0.3, 0.4) is 0 Å². The lowest BCUT2D eigenvalue weighted by Crippen LogP contribution is -2.16. The molecule has 0 aliphatic carbocycles. The molecule has 0 fully saturated rings. The van der Waals surface area contributed by atoms with Gasteiger partial charge in [0.15, 0.2) is 11.5 Å². The molecular formula is C22H22N2O5. The van der Waals surface area contributed by atoms with E-state index in [1.807, 2.05) is 19.9 Å². The topological polar surface area (TPSA) is 97.7 Å². The third kappa shape index (κ3) is 5.59. The first-order chi connectivity index (χ1) is 13.9. The number of para-hydroxylation sites is 1. The van der Waals surface area contributed by atoms with Gasteiger partial charge in [-0.15, -0.1) is 0 Å². The third-order valence-electron chi connectivity index (χ3n) is 3.81. The number of amides is 1. The van der Waals surface area contributed by atoms with Crippen molar-refractivity contribution in [1.29, 1.82) is 5.26 Å². The van der Waals surface area contributed by atoms with E-state index in [1.165, 1.54) is 26.4 Å². The molecule has 29 heavy (non-hydrogen) atoms. The summed E-state index contributed by atoms with van der Waals surface area (Å²) in [5.41, 5.74) is 0.899. The standard InChI is InChI=1S/C22H22N2O5/c1-14(2)29-19-10-9-15(12-20(19)27-3)11-16(13-23)21(25)24-18-8-6-5-7-17(18)22(26)28-4/h5-12,14H,1-4H3,(H,24,25). The number of anilines is 1. The number of ether oxygens (including phenoxy) is 3. The molecule has 0 aromatic heterocycles. The molecule has 0 aliphatic heterocycles. The van der Waals surface area contributed by atoms with Crippen molar-refractivity contribution in [2.45, 2.75) is 20.0 Å². The molecule has 0 atom stereocenters. The molecule has 0 heterocycles. The predicted molar refractivity (Wildman–Crippen MR) is 109 cm³/mol. The highest BCUT2D eigenvalue weighted by atomic mass is 16.5. The maximum atomic E-state index is 12.6. The van der Waals surface area contributed by atoms with Gasteiger partial charge in [-0.3, -0.25) is 4.79 Å². The van der Waals surface area contributed by atoms with E-state index in [0.29, 0.717) is 17.1 Å². The van der Waals surface area contributed by atoms with Crippen molar-refractivity contribution in [1.82, 2.24) is 0 Å². The van der Waals surface area contributed by atoms with E-state index in [2.05, 4.69) is 5.32 Å². The molecule has 1 amide bonds. The molecule has 150 valence electrons. The zero-order valence-corrected chi connectivity index (χ0v) is 16.7. The lowest BCUT2D eigenvalue weighted by molar-refractivity contribution is -0.112. The van der Waals surface area contributed by atoms with Crippen LogP contribution in [0.5, 0.6) is 11.5 Å². The van der Waals surface area contributed by atoms with E-state index >= 15 is 0 Å². The summed E-state index contributed by atoms with van der Waals surface area (Å²) in [5, 5.41) is 12.0. The normalized spacial score (nSPS) is 10.8. The molecule has 1 N–H and O–H groups in total. The van der Waals surface area contributed by atoms with Crippen LogP contribution in [0.2, 0.25) is 0 Å². The van der Waals surface area contributed by atoms with Crippen molar-refractivity contribution in [3.8, 4) is 17.6 Å². The van der Waals surface area contributed by atoms with E-state index in [4.69, 9.17) is 14.2 Å². The van der Waals surface area contributed by atoms with Gasteiger partial charge in [-0.05, 0) is 49.8 Å². The van der Waals surface area contributed by atoms with Crippen molar-refractivity contribution in [2.24, 2.45) is 0 Å². The molecule has 2 aromatic rings. The molecule has 0 spiro atoms. The number of nitriles is 1. The molecule has 0 bridgehead atoms. The smallest absolute Gasteiger partial charge is 0.339 e. The van der Waals surface area contributed by atoms with Crippen LogP contribution in [-0.2, 0) is 9.53 Å². The fraction of sp³-hybridized carbons (Fsp3) is 0.227. The lowest BCUT2D eigenvalue weighted by atomic mass is 10.1. The second kappa shape index (κ2) is 9.95.